The summed E-state index contributed by atoms with van der Waals surface area (Å²) in [4.78, 5) is 0.814. The SMILES string of the molecule is Cc1ccc2c(c1)-c1cc(F)ccc1CS2=O. The van der Waals surface area contributed by atoms with Gasteiger partial charge in [0.15, 0.2) is 0 Å². The quantitative estimate of drug-likeness (QED) is 0.696. The van der Waals surface area contributed by atoms with E-state index < -0.39 is 10.8 Å². The van der Waals surface area contributed by atoms with Crippen LogP contribution in [-0.4, -0.2) is 4.21 Å². The Labute approximate surface area is 102 Å². The molecule has 0 amide bonds. The van der Waals surface area contributed by atoms with Crippen LogP contribution in [0.5, 0.6) is 0 Å². The summed E-state index contributed by atoms with van der Waals surface area (Å²) < 4.78 is 25.4. The van der Waals surface area contributed by atoms with Crippen molar-refractivity contribution in [1.82, 2.24) is 0 Å². The predicted octanol–water partition coefficient (Wildman–Crippen LogP) is 3.42. The van der Waals surface area contributed by atoms with E-state index in [2.05, 4.69) is 0 Å². The highest BCUT2D eigenvalue weighted by atomic mass is 32.2. The van der Waals surface area contributed by atoms with Gasteiger partial charge in [0.05, 0.1) is 16.6 Å². The Hall–Kier alpha value is -1.48. The van der Waals surface area contributed by atoms with Gasteiger partial charge in [-0.3, -0.25) is 4.21 Å². The van der Waals surface area contributed by atoms with Crippen LogP contribution >= 0.6 is 0 Å². The topological polar surface area (TPSA) is 17.1 Å². The van der Waals surface area contributed by atoms with E-state index in [9.17, 15) is 8.60 Å². The number of fused-ring (bicyclic) bond motifs is 3. The van der Waals surface area contributed by atoms with E-state index in [0.29, 0.717) is 5.75 Å². The molecule has 0 saturated heterocycles. The van der Waals surface area contributed by atoms with Gasteiger partial charge in [0.2, 0.25) is 0 Å². The van der Waals surface area contributed by atoms with Crippen LogP contribution in [0.25, 0.3) is 11.1 Å². The van der Waals surface area contributed by atoms with Gasteiger partial charge in [0, 0.05) is 4.90 Å². The van der Waals surface area contributed by atoms with E-state index >= 15 is 0 Å². The Kier molecular flexibility index (Phi) is 2.37. The summed E-state index contributed by atoms with van der Waals surface area (Å²) in [5.41, 5.74) is 3.84. The van der Waals surface area contributed by atoms with Crippen molar-refractivity contribution >= 4 is 10.8 Å². The molecule has 2 aromatic carbocycles. The predicted molar refractivity (Wildman–Crippen MR) is 66.7 cm³/mol. The van der Waals surface area contributed by atoms with Crippen molar-refractivity contribution in [3.05, 3.63) is 53.3 Å². The first kappa shape index (κ1) is 10.7. The van der Waals surface area contributed by atoms with Crippen LogP contribution in [0.1, 0.15) is 11.1 Å². The third-order valence-electron chi connectivity index (χ3n) is 3.03. The fourth-order valence-corrected chi connectivity index (χ4v) is 3.52. The maximum atomic E-state index is 13.3. The second-order valence-corrected chi connectivity index (χ2v) is 5.71. The molecule has 0 aliphatic carbocycles. The second-order valence-electron chi connectivity index (χ2n) is 4.29. The zero-order chi connectivity index (χ0) is 12.0. The van der Waals surface area contributed by atoms with Crippen LogP contribution in [0.3, 0.4) is 0 Å². The first-order valence-electron chi connectivity index (χ1n) is 5.43. The average Bonchev–Trinajstić information content (AvgIpc) is 2.30. The number of rotatable bonds is 0. The normalized spacial score (nSPS) is 17.4. The maximum Gasteiger partial charge on any atom is 0.123 e. The highest BCUT2D eigenvalue weighted by Crippen LogP contribution is 2.36. The number of aryl methyl sites for hydroxylation is 1. The van der Waals surface area contributed by atoms with E-state index in [1.54, 1.807) is 6.07 Å². The Morgan fingerprint density at radius 3 is 2.76 bits per heavy atom. The summed E-state index contributed by atoms with van der Waals surface area (Å²) in [5, 5.41) is 0. The molecule has 3 heteroatoms. The van der Waals surface area contributed by atoms with Crippen molar-refractivity contribution in [2.24, 2.45) is 0 Å². The maximum absolute atomic E-state index is 13.3. The molecule has 1 nitrogen and oxygen atoms in total. The molecule has 1 atom stereocenters. The first-order valence-corrected chi connectivity index (χ1v) is 6.75. The summed E-state index contributed by atoms with van der Waals surface area (Å²) >= 11 is 0. The Morgan fingerprint density at radius 2 is 1.94 bits per heavy atom. The lowest BCUT2D eigenvalue weighted by Gasteiger charge is -2.19. The van der Waals surface area contributed by atoms with Crippen molar-refractivity contribution in [2.45, 2.75) is 17.6 Å². The van der Waals surface area contributed by atoms with E-state index in [1.807, 2.05) is 25.1 Å². The molecule has 0 fully saturated rings. The van der Waals surface area contributed by atoms with Gasteiger partial charge in [-0.15, -0.1) is 0 Å². The first-order chi connectivity index (χ1) is 8.15. The van der Waals surface area contributed by atoms with Gasteiger partial charge in [0.1, 0.15) is 5.82 Å². The summed E-state index contributed by atoms with van der Waals surface area (Å²) in [7, 11) is -1.01. The molecule has 17 heavy (non-hydrogen) atoms. The van der Waals surface area contributed by atoms with Crippen molar-refractivity contribution in [3.63, 3.8) is 0 Å². The average molecular weight is 246 g/mol. The summed E-state index contributed by atoms with van der Waals surface area (Å²) in [6.45, 7) is 1.98. The van der Waals surface area contributed by atoms with Gasteiger partial charge in [-0.05, 0) is 41.8 Å². The minimum absolute atomic E-state index is 0.246. The van der Waals surface area contributed by atoms with Crippen LogP contribution < -0.4 is 0 Å². The van der Waals surface area contributed by atoms with E-state index in [0.717, 1.165) is 27.1 Å². The van der Waals surface area contributed by atoms with Crippen molar-refractivity contribution in [2.75, 3.05) is 0 Å². The van der Waals surface area contributed by atoms with Gasteiger partial charge < -0.3 is 0 Å². The lowest BCUT2D eigenvalue weighted by atomic mass is 9.98. The lowest BCUT2D eigenvalue weighted by Crippen LogP contribution is -2.07. The number of hydrogen-bond donors (Lipinski definition) is 0. The molecule has 1 unspecified atom stereocenters. The van der Waals surface area contributed by atoms with Crippen LogP contribution in [0.2, 0.25) is 0 Å². The number of halogens is 1. The third kappa shape index (κ3) is 1.71. The molecular formula is C14H11FOS. The second kappa shape index (κ2) is 3.77. The molecular weight excluding hydrogens is 235 g/mol. The molecule has 0 radical (unpaired) electrons. The monoisotopic (exact) mass is 246 g/mol. The van der Waals surface area contributed by atoms with Crippen LogP contribution in [0.4, 0.5) is 4.39 Å². The highest BCUT2D eigenvalue weighted by Gasteiger charge is 2.21. The molecule has 0 spiro atoms. The summed E-state index contributed by atoms with van der Waals surface area (Å²) in [5.74, 6) is 0.231. The summed E-state index contributed by atoms with van der Waals surface area (Å²) in [6.07, 6.45) is 0. The van der Waals surface area contributed by atoms with Gasteiger partial charge in [-0.25, -0.2) is 4.39 Å². The summed E-state index contributed by atoms with van der Waals surface area (Å²) in [6, 6.07) is 10.5. The third-order valence-corrected chi connectivity index (χ3v) is 4.45. The molecule has 1 heterocycles. The van der Waals surface area contributed by atoms with Crippen LogP contribution in [-0.2, 0) is 16.6 Å². The largest absolute Gasteiger partial charge is 0.254 e. The molecule has 1 aliphatic rings. The molecule has 2 aromatic rings. The van der Waals surface area contributed by atoms with Gasteiger partial charge in [-0.1, -0.05) is 23.8 Å². The molecule has 0 aromatic heterocycles. The Morgan fingerprint density at radius 1 is 1.12 bits per heavy atom. The van der Waals surface area contributed by atoms with Crippen molar-refractivity contribution in [3.8, 4) is 11.1 Å². The smallest absolute Gasteiger partial charge is 0.123 e. The van der Waals surface area contributed by atoms with Crippen molar-refractivity contribution in [1.29, 1.82) is 0 Å². The zero-order valence-electron chi connectivity index (χ0n) is 9.37. The van der Waals surface area contributed by atoms with Crippen LogP contribution in [0.15, 0.2) is 41.3 Å². The fraction of sp³-hybridized carbons (Fsp3) is 0.143. The van der Waals surface area contributed by atoms with E-state index in [-0.39, 0.29) is 5.82 Å². The molecule has 3 rings (SSSR count). The zero-order valence-corrected chi connectivity index (χ0v) is 10.2. The molecule has 0 saturated carbocycles. The standard InChI is InChI=1S/C14H11FOS/c1-9-2-5-14-13(6-9)12-7-11(15)4-3-10(12)8-17(14)16/h2-7H,8H2,1H3. The van der Waals surface area contributed by atoms with Gasteiger partial charge in [0.25, 0.3) is 0 Å². The molecule has 0 bridgehead atoms. The molecule has 86 valence electrons. The van der Waals surface area contributed by atoms with Crippen LogP contribution in [0, 0.1) is 12.7 Å². The van der Waals surface area contributed by atoms with Crippen molar-refractivity contribution < 1.29 is 8.60 Å². The Balaban J connectivity index is 2.34. The van der Waals surface area contributed by atoms with Gasteiger partial charge in [-0.2, -0.15) is 0 Å². The number of hydrogen-bond acceptors (Lipinski definition) is 1. The Bertz CT molecular complexity index is 634. The highest BCUT2D eigenvalue weighted by molar-refractivity contribution is 7.84. The molecule has 0 N–H and O–H groups in total. The van der Waals surface area contributed by atoms with E-state index in [4.69, 9.17) is 0 Å². The lowest BCUT2D eigenvalue weighted by molar-refractivity contribution is 0.627. The fourth-order valence-electron chi connectivity index (χ4n) is 2.20. The minimum atomic E-state index is -1.01. The molecule has 1 aliphatic heterocycles. The van der Waals surface area contributed by atoms with E-state index in [1.165, 1.54) is 12.1 Å². The van der Waals surface area contributed by atoms with Gasteiger partial charge >= 0.3 is 0 Å². The number of benzene rings is 2. The minimum Gasteiger partial charge on any atom is -0.254 e.